The number of fused-ring (bicyclic) bond motifs is 10. The zero-order valence-electron chi connectivity index (χ0n) is 75.2. The minimum absolute atomic E-state index is 0.0934. The smallest absolute Gasteiger partial charge is 0.255 e. The van der Waals surface area contributed by atoms with E-state index in [0.717, 1.165) is 128 Å². The van der Waals surface area contributed by atoms with Crippen molar-refractivity contribution in [2.75, 3.05) is 60.1 Å². The first-order valence-corrected chi connectivity index (χ1v) is 48.5. The molecule has 10 aromatic carbocycles. The highest BCUT2D eigenvalue weighted by Crippen LogP contribution is 2.45. The molecule has 0 bridgehead atoms. The van der Waals surface area contributed by atoms with E-state index >= 15 is 0 Å². The summed E-state index contributed by atoms with van der Waals surface area (Å²) in [5.41, 5.74) is 10.4. The number of H-pyrrole nitrogens is 5. The third kappa shape index (κ3) is 19.6. The van der Waals surface area contributed by atoms with Crippen LogP contribution in [-0.4, -0.2) is 153 Å². The van der Waals surface area contributed by atoms with Crippen molar-refractivity contribution in [3.8, 4) is 76.7 Å². The lowest BCUT2D eigenvalue weighted by Crippen LogP contribution is -2.41. The van der Waals surface area contributed by atoms with E-state index in [9.17, 15) is 33.5 Å². The van der Waals surface area contributed by atoms with E-state index in [1.165, 1.54) is 67.9 Å². The number of hydrogen-bond donors (Lipinski definition) is 11. The molecule has 11 aromatic heterocycles. The van der Waals surface area contributed by atoms with Crippen LogP contribution in [0.4, 0.5) is 10.1 Å². The van der Waals surface area contributed by atoms with Crippen LogP contribution in [0.25, 0.3) is 160 Å². The number of anilines is 1. The van der Waals surface area contributed by atoms with Gasteiger partial charge in [0.05, 0.1) is 134 Å². The van der Waals surface area contributed by atoms with Gasteiger partial charge < -0.3 is 59.8 Å². The summed E-state index contributed by atoms with van der Waals surface area (Å²) in [5.74, 6) is 1.70. The molecule has 2 fully saturated rings. The molecule has 11 N–H and O–H groups in total. The summed E-state index contributed by atoms with van der Waals surface area (Å²) in [6, 6.07) is 72.4. The van der Waals surface area contributed by atoms with Crippen molar-refractivity contribution in [1.29, 1.82) is 0 Å². The minimum Gasteiger partial charge on any atom is -0.496 e. The van der Waals surface area contributed by atoms with Crippen LogP contribution in [0.1, 0.15) is 92.8 Å². The van der Waals surface area contributed by atoms with Crippen LogP contribution in [0, 0.1) is 17.7 Å². The van der Waals surface area contributed by atoms with Crippen LogP contribution in [0.2, 0.25) is 0 Å². The topological polar surface area (TPSA) is 368 Å². The van der Waals surface area contributed by atoms with Gasteiger partial charge in [0.2, 0.25) is 5.91 Å². The number of furan rings is 1. The largest absolute Gasteiger partial charge is 0.496 e. The number of hydrogen-bond acceptors (Lipinski definition) is 22. The second-order valence-electron chi connectivity index (χ2n) is 33.3. The molecule has 1 saturated heterocycles. The first kappa shape index (κ1) is 91.2. The number of nitrogens with zero attached hydrogens (tertiary/aromatic N) is 5. The maximum absolute atomic E-state index is 14.7. The van der Waals surface area contributed by atoms with E-state index in [2.05, 4.69) is 150 Å². The van der Waals surface area contributed by atoms with Crippen molar-refractivity contribution in [2.24, 2.45) is 11.8 Å². The van der Waals surface area contributed by atoms with Crippen molar-refractivity contribution in [2.45, 2.75) is 65.1 Å². The molecule has 12 heterocycles. The number of aromatic nitrogens is 10. The van der Waals surface area contributed by atoms with Crippen molar-refractivity contribution >= 4 is 198 Å². The van der Waals surface area contributed by atoms with Crippen molar-refractivity contribution in [3.05, 3.63) is 263 Å². The molecule has 23 rings (SSSR count). The fourth-order valence-electron chi connectivity index (χ4n) is 16.5. The molecule has 1 aliphatic heterocycles. The van der Waals surface area contributed by atoms with Crippen LogP contribution in [0.15, 0.2) is 234 Å². The molecular formula is C104H92FN15O12S5. The fraction of sp³-hybridized carbons (Fsp3) is 0.192. The lowest BCUT2D eigenvalue weighted by molar-refractivity contribution is -0.114. The predicted octanol–water partition coefficient (Wildman–Crippen LogP) is 22.7. The minimum atomic E-state index is -0.540. The molecular weight excluding hydrogens is 1830 g/mol. The SMILES string of the molecule is CC(=O)Nc1ccc2[nH]nc(-c3cc4ccccc4o3)c2c1F.COc1cc2[nH]nc(-c3cc4ccccc4s3)c2cc1C(=O)NCC1CC1.COc1cc2[nH]nc(-c3cc4ccccc4s3)c2cc1C(=O)NCC1CCCO1.COc1cc2[nH]nc(-c3cc4ccccc4s3)c2cc1C(=O)NCc1cccs1.COc1cc2[nH]nc(-c3cc4ccccc4s3)c2cc1C(=O)N[C@H](CO)C(C)C. The van der Waals surface area contributed by atoms with E-state index in [1.807, 2.05) is 153 Å². The lowest BCUT2D eigenvalue weighted by Gasteiger charge is -2.20. The number of aliphatic hydroxyl groups excluding tert-OH is 1. The Morgan fingerprint density at radius 2 is 0.869 bits per heavy atom. The number of para-hydroxylation sites is 1. The molecule has 2 atom stereocenters. The molecule has 27 nitrogen and oxygen atoms in total. The van der Waals surface area contributed by atoms with E-state index in [-0.39, 0.29) is 65.3 Å². The first-order chi connectivity index (χ1) is 66.8. The highest BCUT2D eigenvalue weighted by molar-refractivity contribution is 7.23. The molecule has 5 amide bonds. The van der Waals surface area contributed by atoms with Gasteiger partial charge in [0.25, 0.3) is 23.6 Å². The van der Waals surface area contributed by atoms with E-state index < -0.39 is 5.82 Å². The Hall–Kier alpha value is -15.0. The molecule has 21 aromatic rings. The summed E-state index contributed by atoms with van der Waals surface area (Å²) in [4.78, 5) is 67.9. The Bertz CT molecular complexity index is 7900. The van der Waals surface area contributed by atoms with Gasteiger partial charge in [-0.05, 0) is 168 Å². The second-order valence-corrected chi connectivity index (χ2v) is 38.7. The number of nitrogens with one attached hydrogen (secondary N) is 10. The van der Waals surface area contributed by atoms with Gasteiger partial charge in [-0.15, -0.1) is 56.7 Å². The Morgan fingerprint density at radius 3 is 1.26 bits per heavy atom. The second kappa shape index (κ2) is 40.3. The van der Waals surface area contributed by atoms with Gasteiger partial charge in [0.15, 0.2) is 11.6 Å². The molecule has 1 aliphatic carbocycles. The number of benzene rings is 10. The number of amides is 5. The normalized spacial score (nSPS) is 13.2. The standard InChI is InChI=1S/C22H21N3O3S.C22H23N3O3S.C22H17N3O2S2.C21H19N3O2S.C17H12FN3O2/c1-27-18-11-17-15(10-16(18)22(26)23-12-14-6-4-8-28-14)21(25-24-17)20-9-13-5-2-3-7-19(13)29-20;1-12(2)17(11-26)23-22(27)15-9-14-16(10-18(15)28-3)24-25-21(14)20-8-13-6-4-5-7-19(13)29-20;1-27-18-11-17-15(10-16(18)22(26)23-12-14-6-4-8-28-14)21(25-24-17)20-9-13-5-2-3-7-19(13)29-20;1-26-17-10-16-14(9-15(17)21(25)22-11-12-6-7-12)20(24-23-16)19-8-13-4-2-3-5-18(13)27-19;1-9(22)19-12-7-6-11-15(16(12)18)17(21-20-11)14-8-10-4-2-3-5-13(10)23-14/h2-3,5,7,9-11,14H,4,6,8,12H2,1H3,(H,23,26)(H,24,25);4-10,12,17,26H,11H2,1-3H3,(H,23,27)(H,24,25);2-11H,12H2,1H3,(H,23,26)(H,24,25);2-5,8-10,12H,6-7,11H2,1H3,(H,22,25)(H,23,24);2-8H,1H3,(H,19,22)(H,20,21)/t;17-;;;/m.1.../s1. The third-order valence-electron chi connectivity index (χ3n) is 23.9. The third-order valence-corrected chi connectivity index (χ3v) is 29.2. The summed E-state index contributed by atoms with van der Waals surface area (Å²) in [5, 5.41) is 72.7. The zero-order chi connectivity index (χ0) is 94.5. The van der Waals surface area contributed by atoms with Crippen molar-refractivity contribution in [1.82, 2.24) is 72.3 Å². The summed E-state index contributed by atoms with van der Waals surface area (Å²) < 4.78 is 52.8. The number of rotatable bonds is 23. The highest BCUT2D eigenvalue weighted by atomic mass is 32.1. The molecule has 1 unspecified atom stereocenters. The number of aromatic amines is 5. The summed E-state index contributed by atoms with van der Waals surface area (Å²) in [6.45, 7) is 7.62. The number of methoxy groups -OCH3 is 4. The summed E-state index contributed by atoms with van der Waals surface area (Å²) in [7, 11) is 6.26. The first-order valence-electron chi connectivity index (χ1n) is 44.4. The van der Waals surface area contributed by atoms with E-state index in [0.29, 0.717) is 86.8 Å². The lowest BCUT2D eigenvalue weighted by atomic mass is 10.0. The van der Waals surface area contributed by atoms with Crippen LogP contribution in [0.3, 0.4) is 0 Å². The van der Waals surface area contributed by atoms with Crippen LogP contribution in [-0.2, 0) is 16.1 Å². The molecule has 33 heteroatoms. The van der Waals surface area contributed by atoms with Gasteiger partial charge in [-0.25, -0.2) is 4.39 Å². The zero-order valence-corrected chi connectivity index (χ0v) is 79.3. The summed E-state index contributed by atoms with van der Waals surface area (Å²) >= 11 is 8.36. The van der Waals surface area contributed by atoms with Gasteiger partial charge in [0, 0.05) is 101 Å². The number of carbonyl (C=O) groups is 5. The molecule has 2 aliphatic rings. The van der Waals surface area contributed by atoms with Crippen LogP contribution in [0.5, 0.6) is 23.0 Å². The maximum atomic E-state index is 14.7. The summed E-state index contributed by atoms with van der Waals surface area (Å²) in [6.07, 6.45) is 4.52. The maximum Gasteiger partial charge on any atom is 0.255 e. The molecule has 0 radical (unpaired) electrons. The number of carbonyl (C=O) groups excluding carboxylic acids is 5. The van der Waals surface area contributed by atoms with Crippen molar-refractivity contribution < 1.29 is 61.6 Å². The number of halogens is 1. The van der Waals surface area contributed by atoms with Gasteiger partial charge in [-0.3, -0.25) is 49.5 Å². The quantitative estimate of drug-likeness (QED) is 0.0283. The predicted molar refractivity (Wildman–Crippen MR) is 544 cm³/mol. The Morgan fingerprint density at radius 1 is 0.460 bits per heavy atom. The van der Waals surface area contributed by atoms with Crippen molar-refractivity contribution in [3.63, 3.8) is 0 Å². The molecule has 0 spiro atoms. The van der Waals surface area contributed by atoms with E-state index in [4.69, 9.17) is 28.1 Å². The van der Waals surface area contributed by atoms with Gasteiger partial charge >= 0.3 is 0 Å². The molecule has 692 valence electrons. The average molecular weight is 1920 g/mol. The Labute approximate surface area is 802 Å². The highest BCUT2D eigenvalue weighted by Gasteiger charge is 2.29. The van der Waals surface area contributed by atoms with Gasteiger partial charge in [0.1, 0.15) is 57.1 Å². The molecule has 137 heavy (non-hydrogen) atoms. The van der Waals surface area contributed by atoms with Gasteiger partial charge in [-0.1, -0.05) is 111 Å². The number of ether oxygens (including phenoxy) is 5. The van der Waals surface area contributed by atoms with Gasteiger partial charge in [-0.2, -0.15) is 25.5 Å². The Kier molecular flexibility index (Phi) is 26.8. The monoisotopic (exact) mass is 1920 g/mol. The number of thiophene rings is 5. The van der Waals surface area contributed by atoms with Crippen LogP contribution >= 0.6 is 56.7 Å². The average Bonchev–Trinajstić information content (AvgIpc) is 1.64. The fourth-order valence-corrected chi connectivity index (χ4v) is 21.4. The van der Waals surface area contributed by atoms with Crippen LogP contribution < -0.4 is 45.5 Å². The molecule has 1 saturated carbocycles. The Balaban J connectivity index is 0.000000110. The number of aliphatic hydroxyl groups is 1. The van der Waals surface area contributed by atoms with E-state index in [1.54, 1.807) is 90.1 Å².